The molecular formula is C16H19F2O4Sn+. The average Bonchev–Trinajstić information content (AvgIpc) is 2.37. The fraction of sp³-hybridized carbons (Fsp3) is 0.188. The standard InChI is InChI=1S/C13H8F2O3.3CH3.H2O.Sn/c14-8-2-3-9(11(15)6-8)7-1-4-12(16)10(5-7)13(17)18;;;;;/h1-6,16H,(H,17,18);3*1H3;1H2;/q;;;;;+1. The second kappa shape index (κ2) is 7.27. The molecule has 124 valence electrons. The Morgan fingerprint density at radius 1 is 1.09 bits per heavy atom. The summed E-state index contributed by atoms with van der Waals surface area (Å²) in [6.07, 6.45) is 0. The maximum Gasteiger partial charge on any atom is -0.457 e. The molecule has 4 N–H and O–H groups in total. The molecule has 2 rings (SSSR count). The molecule has 0 heterocycles. The van der Waals surface area contributed by atoms with E-state index in [2.05, 4.69) is 0 Å². The first-order valence-electron chi connectivity index (χ1n) is 6.69. The Kier molecular flexibility index (Phi) is 6.12. The summed E-state index contributed by atoms with van der Waals surface area (Å²) in [6, 6.07) is 7.30. The molecule has 4 nitrogen and oxygen atoms in total. The molecule has 0 atom stereocenters. The molecule has 0 aliphatic rings. The smallest absolute Gasteiger partial charge is 0.457 e. The normalized spacial score (nSPS) is 10.8. The second-order valence-corrected chi connectivity index (χ2v) is 18.5. The monoisotopic (exact) mass is 433 g/mol. The molecule has 0 aliphatic heterocycles. The molecule has 0 unspecified atom stereocenters. The zero-order chi connectivity index (χ0) is 16.5. The van der Waals surface area contributed by atoms with Crippen LogP contribution in [-0.4, -0.2) is 29.9 Å². The Morgan fingerprint density at radius 2 is 1.74 bits per heavy atom. The van der Waals surface area contributed by atoms with Gasteiger partial charge in [-0.1, -0.05) is 0 Å². The predicted octanol–water partition coefficient (Wildman–Crippen LogP) is 3.41. The first-order valence-corrected chi connectivity index (χ1v) is 16.4. The Balaban J connectivity index is 0.00000264. The van der Waals surface area contributed by atoms with Crippen molar-refractivity contribution in [2.75, 3.05) is 0 Å². The van der Waals surface area contributed by atoms with Crippen molar-refractivity contribution in [2.45, 2.75) is 14.8 Å². The third-order valence-corrected chi connectivity index (χ3v) is 5.13. The van der Waals surface area contributed by atoms with Crippen LogP contribution in [0.2, 0.25) is 14.8 Å². The Morgan fingerprint density at radius 3 is 2.30 bits per heavy atom. The van der Waals surface area contributed by atoms with Crippen LogP contribution in [0.4, 0.5) is 8.78 Å². The van der Waals surface area contributed by atoms with Gasteiger partial charge < -0.3 is 5.48 Å². The van der Waals surface area contributed by atoms with E-state index < -0.39 is 36.4 Å². The van der Waals surface area contributed by atoms with Gasteiger partial charge in [-0.15, -0.1) is 0 Å². The first-order chi connectivity index (χ1) is 10.2. The Hall–Kier alpha value is -1.67. The van der Waals surface area contributed by atoms with E-state index >= 15 is 0 Å². The van der Waals surface area contributed by atoms with Crippen molar-refractivity contribution in [1.29, 1.82) is 0 Å². The van der Waals surface area contributed by atoms with Gasteiger partial charge in [0.2, 0.25) is 0 Å². The van der Waals surface area contributed by atoms with Gasteiger partial charge in [0.1, 0.15) is 0 Å². The summed E-state index contributed by atoms with van der Waals surface area (Å²) in [6.45, 7) is 0. The van der Waals surface area contributed by atoms with Crippen molar-refractivity contribution in [1.82, 2.24) is 0 Å². The number of carbonyl (C=O) groups is 1. The van der Waals surface area contributed by atoms with Crippen LogP contribution in [0.1, 0.15) is 10.4 Å². The van der Waals surface area contributed by atoms with E-state index in [1.165, 1.54) is 24.3 Å². The van der Waals surface area contributed by atoms with Crippen LogP contribution in [0.5, 0.6) is 5.75 Å². The maximum absolute atomic E-state index is 13.8. The number of carbonyl (C=O) groups excluding carboxylic acids is 1. The average molecular weight is 432 g/mol. The van der Waals surface area contributed by atoms with Crippen molar-refractivity contribution in [3.05, 3.63) is 53.6 Å². The van der Waals surface area contributed by atoms with E-state index in [0.717, 1.165) is 12.1 Å². The van der Waals surface area contributed by atoms with Gasteiger partial charge in [-0.2, -0.15) is 0 Å². The number of benzene rings is 2. The van der Waals surface area contributed by atoms with Crippen LogP contribution in [0.3, 0.4) is 0 Å². The molecule has 0 spiro atoms. The number of hydrogen-bond donors (Lipinski definition) is 1. The van der Waals surface area contributed by atoms with Crippen LogP contribution >= 0.6 is 0 Å². The molecule has 0 fully saturated rings. The molecule has 0 amide bonds. The van der Waals surface area contributed by atoms with Gasteiger partial charge in [-0.3, -0.25) is 0 Å². The SMILES string of the molecule is [CH3][Sn]([CH3])([CH3])[O]C(=O)c1cc(-c2ccc(F)cc2F)ccc1O.[OH3+]. The minimum absolute atomic E-state index is 0. The molecule has 2 aromatic carbocycles. The maximum atomic E-state index is 13.8. The van der Waals surface area contributed by atoms with Gasteiger partial charge in [0.05, 0.1) is 0 Å². The van der Waals surface area contributed by atoms with Crippen LogP contribution in [-0.2, 0) is 8.55 Å². The minimum Gasteiger partial charge on any atom is -0.457 e. The van der Waals surface area contributed by atoms with Gasteiger partial charge >= 0.3 is 132 Å². The number of phenols is 1. The molecule has 23 heavy (non-hydrogen) atoms. The topological polar surface area (TPSA) is 79.5 Å². The van der Waals surface area contributed by atoms with E-state index in [-0.39, 0.29) is 22.4 Å². The molecule has 0 saturated heterocycles. The van der Waals surface area contributed by atoms with Crippen molar-refractivity contribution in [2.24, 2.45) is 0 Å². The number of phenolic OH excluding ortho intramolecular Hbond substituents is 1. The summed E-state index contributed by atoms with van der Waals surface area (Å²) >= 11 is -2.84. The van der Waals surface area contributed by atoms with Gasteiger partial charge in [-0.05, 0) is 0 Å². The number of halogens is 2. The Bertz CT molecular complexity index is 727. The fourth-order valence-corrected chi connectivity index (χ4v) is 3.82. The van der Waals surface area contributed by atoms with Crippen LogP contribution in [0.15, 0.2) is 36.4 Å². The summed E-state index contributed by atoms with van der Waals surface area (Å²) in [5, 5.41) is 9.83. The molecule has 0 bridgehead atoms. The van der Waals surface area contributed by atoms with Crippen molar-refractivity contribution >= 4 is 24.8 Å². The van der Waals surface area contributed by atoms with Crippen LogP contribution < -0.4 is 0 Å². The number of aromatic hydroxyl groups is 1. The van der Waals surface area contributed by atoms with Gasteiger partial charge in [0.15, 0.2) is 0 Å². The van der Waals surface area contributed by atoms with E-state index in [9.17, 15) is 18.7 Å². The zero-order valence-electron chi connectivity index (χ0n) is 13.1. The predicted molar refractivity (Wildman–Crippen MR) is 87.1 cm³/mol. The summed E-state index contributed by atoms with van der Waals surface area (Å²) in [5.74, 6) is -2.27. The molecule has 2 aromatic rings. The van der Waals surface area contributed by atoms with E-state index in [1.54, 1.807) is 0 Å². The minimum atomic E-state index is -2.84. The van der Waals surface area contributed by atoms with Crippen molar-refractivity contribution < 1.29 is 27.2 Å². The summed E-state index contributed by atoms with van der Waals surface area (Å²) < 4.78 is 32.2. The third-order valence-electron chi connectivity index (χ3n) is 2.86. The summed E-state index contributed by atoms with van der Waals surface area (Å²) in [7, 11) is 0. The molecule has 0 aromatic heterocycles. The van der Waals surface area contributed by atoms with Crippen LogP contribution in [0, 0.1) is 11.6 Å². The first kappa shape index (κ1) is 19.4. The Labute approximate surface area is 137 Å². The van der Waals surface area contributed by atoms with Gasteiger partial charge in [-0.25, -0.2) is 0 Å². The van der Waals surface area contributed by atoms with Gasteiger partial charge in [0.25, 0.3) is 0 Å². The molecular weight excluding hydrogens is 413 g/mol. The summed E-state index contributed by atoms with van der Waals surface area (Å²) in [5.41, 5.74) is 0.494. The summed E-state index contributed by atoms with van der Waals surface area (Å²) in [4.78, 5) is 17.8. The molecule has 0 saturated carbocycles. The largest absolute Gasteiger partial charge is 0.457 e. The van der Waals surface area contributed by atoms with E-state index in [0.29, 0.717) is 5.56 Å². The third kappa shape index (κ3) is 4.90. The molecule has 7 heteroatoms. The second-order valence-electron chi connectivity index (χ2n) is 5.86. The number of rotatable bonds is 3. The van der Waals surface area contributed by atoms with E-state index in [4.69, 9.17) is 3.07 Å². The van der Waals surface area contributed by atoms with Crippen LogP contribution in [0.25, 0.3) is 11.1 Å². The van der Waals surface area contributed by atoms with E-state index in [1.807, 2.05) is 14.8 Å². The van der Waals surface area contributed by atoms with Crippen molar-refractivity contribution in [3.8, 4) is 16.9 Å². The zero-order valence-corrected chi connectivity index (χ0v) is 15.9. The number of hydrogen-bond acceptors (Lipinski definition) is 3. The fourth-order valence-electron chi connectivity index (χ4n) is 1.92. The van der Waals surface area contributed by atoms with Gasteiger partial charge in [0, 0.05) is 0 Å². The quantitative estimate of drug-likeness (QED) is 0.597. The molecule has 0 aliphatic carbocycles. The molecule has 0 radical (unpaired) electrons. The van der Waals surface area contributed by atoms with Crippen molar-refractivity contribution in [3.63, 3.8) is 0 Å².